The van der Waals surface area contributed by atoms with Gasteiger partial charge in [-0.05, 0) is 24.6 Å². The zero-order valence-corrected chi connectivity index (χ0v) is 9.94. The number of aryl methyl sites for hydroxylation is 1. The molecule has 1 heterocycles. The average molecular weight is 220 g/mol. The number of aromatic nitrogens is 2. The molecule has 1 aromatic heterocycles. The highest BCUT2D eigenvalue weighted by molar-refractivity contribution is 5.17. The molecule has 0 N–H and O–H groups in total. The van der Waals surface area contributed by atoms with E-state index in [4.69, 9.17) is 0 Å². The number of benzene rings is 1. The number of hydrogen-bond donors (Lipinski definition) is 0. The monoisotopic (exact) mass is 220 g/mol. The molecule has 0 aliphatic heterocycles. The summed E-state index contributed by atoms with van der Waals surface area (Å²) in [5.74, 6) is -0.194. The van der Waals surface area contributed by atoms with Crippen LogP contribution in [-0.2, 0) is 6.54 Å². The molecule has 0 radical (unpaired) electrons. The van der Waals surface area contributed by atoms with Gasteiger partial charge in [-0.1, -0.05) is 26.0 Å². The highest BCUT2D eigenvalue weighted by atomic mass is 19.1. The molecule has 0 amide bonds. The first-order valence-corrected chi connectivity index (χ1v) is 5.47. The molecule has 0 saturated heterocycles. The van der Waals surface area contributed by atoms with Crippen LogP contribution in [0.4, 0.5) is 4.39 Å². The van der Waals surface area contributed by atoms with Crippen molar-refractivity contribution in [2.75, 3.05) is 0 Å². The first kappa shape index (κ1) is 12.4. The number of nitrogens with zero attached hydrogens (tertiary/aromatic N) is 2. The fourth-order valence-corrected chi connectivity index (χ4v) is 1.38. The van der Waals surface area contributed by atoms with Gasteiger partial charge in [-0.15, -0.1) is 0 Å². The molecule has 0 bridgehead atoms. The van der Waals surface area contributed by atoms with E-state index in [1.54, 1.807) is 24.7 Å². The van der Waals surface area contributed by atoms with Crippen LogP contribution in [-0.4, -0.2) is 9.55 Å². The molecule has 0 unspecified atom stereocenters. The van der Waals surface area contributed by atoms with Gasteiger partial charge in [0, 0.05) is 18.4 Å². The predicted molar refractivity (Wildman–Crippen MR) is 63.8 cm³/mol. The van der Waals surface area contributed by atoms with Gasteiger partial charge in [0.2, 0.25) is 0 Å². The van der Waals surface area contributed by atoms with Crippen molar-refractivity contribution in [3.8, 4) is 0 Å². The number of rotatable bonds is 2. The molecular weight excluding hydrogens is 203 g/mol. The maximum Gasteiger partial charge on any atom is 0.123 e. The van der Waals surface area contributed by atoms with Crippen LogP contribution in [0.15, 0.2) is 36.8 Å². The molecule has 3 heteroatoms. The van der Waals surface area contributed by atoms with Gasteiger partial charge in [0.05, 0.1) is 6.33 Å². The third-order valence-corrected chi connectivity index (χ3v) is 2.16. The Morgan fingerprint density at radius 3 is 2.62 bits per heavy atom. The van der Waals surface area contributed by atoms with Crippen molar-refractivity contribution < 1.29 is 4.39 Å². The average Bonchev–Trinajstić information content (AvgIpc) is 2.68. The molecule has 0 saturated carbocycles. The summed E-state index contributed by atoms with van der Waals surface area (Å²) in [6, 6.07) is 6.61. The van der Waals surface area contributed by atoms with Crippen LogP contribution in [0, 0.1) is 12.7 Å². The Hall–Kier alpha value is -1.64. The van der Waals surface area contributed by atoms with Crippen molar-refractivity contribution in [2.45, 2.75) is 27.3 Å². The van der Waals surface area contributed by atoms with Gasteiger partial charge in [0.15, 0.2) is 0 Å². The van der Waals surface area contributed by atoms with Gasteiger partial charge in [-0.2, -0.15) is 0 Å². The van der Waals surface area contributed by atoms with Crippen molar-refractivity contribution in [1.29, 1.82) is 0 Å². The van der Waals surface area contributed by atoms with Crippen LogP contribution in [0.5, 0.6) is 0 Å². The van der Waals surface area contributed by atoms with E-state index in [0.29, 0.717) is 6.54 Å². The van der Waals surface area contributed by atoms with Crippen molar-refractivity contribution >= 4 is 0 Å². The number of hydrogen-bond acceptors (Lipinski definition) is 1. The Morgan fingerprint density at radius 2 is 2.06 bits per heavy atom. The highest BCUT2D eigenvalue weighted by Gasteiger charge is 1.99. The van der Waals surface area contributed by atoms with Crippen molar-refractivity contribution in [1.82, 2.24) is 9.55 Å². The molecule has 16 heavy (non-hydrogen) atoms. The number of imidazole rings is 1. The summed E-state index contributed by atoms with van der Waals surface area (Å²) in [7, 11) is 0. The molecule has 86 valence electrons. The highest BCUT2D eigenvalue weighted by Crippen LogP contribution is 2.07. The van der Waals surface area contributed by atoms with Crippen LogP contribution in [0.2, 0.25) is 0 Å². The Bertz CT molecular complexity index is 435. The molecule has 0 spiro atoms. The molecule has 2 nitrogen and oxygen atoms in total. The van der Waals surface area contributed by atoms with Gasteiger partial charge in [0.1, 0.15) is 5.82 Å². The second-order valence-corrected chi connectivity index (χ2v) is 3.29. The van der Waals surface area contributed by atoms with Crippen molar-refractivity contribution in [3.05, 3.63) is 53.9 Å². The van der Waals surface area contributed by atoms with Gasteiger partial charge in [-0.3, -0.25) is 0 Å². The molecular formula is C13H17FN2. The third kappa shape index (κ3) is 3.19. The Morgan fingerprint density at radius 1 is 1.31 bits per heavy atom. The summed E-state index contributed by atoms with van der Waals surface area (Å²) in [6.07, 6.45) is 3.54. The summed E-state index contributed by atoms with van der Waals surface area (Å²) in [6.45, 7) is 6.65. The second kappa shape index (κ2) is 6.05. The third-order valence-electron chi connectivity index (χ3n) is 2.16. The maximum atomic E-state index is 12.9. The topological polar surface area (TPSA) is 17.8 Å². The summed E-state index contributed by atoms with van der Waals surface area (Å²) >= 11 is 0. The molecule has 0 fully saturated rings. The fraction of sp³-hybridized carbons (Fsp3) is 0.308. The quantitative estimate of drug-likeness (QED) is 0.758. The lowest BCUT2D eigenvalue weighted by atomic mass is 10.2. The first-order valence-electron chi connectivity index (χ1n) is 5.47. The van der Waals surface area contributed by atoms with Crippen LogP contribution < -0.4 is 0 Å². The van der Waals surface area contributed by atoms with E-state index in [1.165, 1.54) is 6.07 Å². The van der Waals surface area contributed by atoms with Gasteiger partial charge in [-0.25, -0.2) is 9.37 Å². The van der Waals surface area contributed by atoms with Crippen molar-refractivity contribution in [3.63, 3.8) is 0 Å². The van der Waals surface area contributed by atoms with Gasteiger partial charge >= 0.3 is 0 Å². The summed E-state index contributed by atoms with van der Waals surface area (Å²) < 4.78 is 14.9. The van der Waals surface area contributed by atoms with Crippen molar-refractivity contribution in [2.24, 2.45) is 0 Å². The first-order chi connectivity index (χ1) is 7.75. The van der Waals surface area contributed by atoms with E-state index in [-0.39, 0.29) is 5.82 Å². The minimum Gasteiger partial charge on any atom is -0.330 e. The summed E-state index contributed by atoms with van der Waals surface area (Å²) in [4.78, 5) is 4.01. The largest absolute Gasteiger partial charge is 0.330 e. The Labute approximate surface area is 95.8 Å². The lowest BCUT2D eigenvalue weighted by Crippen LogP contribution is -2.00. The predicted octanol–water partition coefficient (Wildman–Crippen LogP) is 3.41. The molecule has 0 atom stereocenters. The van der Waals surface area contributed by atoms with Crippen LogP contribution in [0.1, 0.15) is 25.1 Å². The fourth-order valence-electron chi connectivity index (χ4n) is 1.38. The summed E-state index contributed by atoms with van der Waals surface area (Å²) in [5, 5.41) is 0. The minimum atomic E-state index is -0.194. The normalized spacial score (nSPS) is 9.50. The van der Waals surface area contributed by atoms with E-state index < -0.39 is 0 Å². The lowest BCUT2D eigenvalue weighted by molar-refractivity contribution is 0.623. The van der Waals surface area contributed by atoms with Gasteiger partial charge in [0.25, 0.3) is 0 Å². The van der Waals surface area contributed by atoms with Crippen LogP contribution in [0.25, 0.3) is 0 Å². The summed E-state index contributed by atoms with van der Waals surface area (Å²) in [5.41, 5.74) is 2.03. The Kier molecular flexibility index (Phi) is 4.70. The lowest BCUT2D eigenvalue weighted by Gasteiger charge is -2.04. The maximum absolute atomic E-state index is 12.9. The standard InChI is InChI=1S/C11H11FN2.C2H6/c1-9-6-13-8-14(9)7-10-3-2-4-11(12)5-10;1-2/h2-6,8H,7H2,1H3;1-2H3. The van der Waals surface area contributed by atoms with E-state index in [1.807, 2.05) is 31.4 Å². The molecule has 1 aromatic carbocycles. The van der Waals surface area contributed by atoms with E-state index >= 15 is 0 Å². The van der Waals surface area contributed by atoms with E-state index in [0.717, 1.165) is 11.3 Å². The number of halogens is 1. The molecule has 2 rings (SSSR count). The zero-order chi connectivity index (χ0) is 12.0. The van der Waals surface area contributed by atoms with Crippen LogP contribution in [0.3, 0.4) is 0 Å². The van der Waals surface area contributed by atoms with Crippen LogP contribution >= 0.6 is 0 Å². The Balaban J connectivity index is 0.000000606. The SMILES string of the molecule is CC.Cc1cncn1Cc1cccc(F)c1. The minimum absolute atomic E-state index is 0.194. The van der Waals surface area contributed by atoms with E-state index in [2.05, 4.69) is 4.98 Å². The molecule has 2 aromatic rings. The zero-order valence-electron chi connectivity index (χ0n) is 9.94. The van der Waals surface area contributed by atoms with E-state index in [9.17, 15) is 4.39 Å². The smallest absolute Gasteiger partial charge is 0.123 e. The van der Waals surface area contributed by atoms with Gasteiger partial charge < -0.3 is 4.57 Å². The molecule has 0 aliphatic rings. The molecule has 0 aliphatic carbocycles. The second-order valence-electron chi connectivity index (χ2n) is 3.29.